The third kappa shape index (κ3) is 4.61. The number of ether oxygens (including phenoxy) is 1. The lowest BCUT2D eigenvalue weighted by molar-refractivity contribution is -0.127. The molecule has 5 heteroatoms. The normalized spacial score (nSPS) is 23.4. The maximum Gasteiger partial charge on any atom is 0.237 e. The van der Waals surface area contributed by atoms with Gasteiger partial charge in [0.05, 0.1) is 18.8 Å². The van der Waals surface area contributed by atoms with Crippen molar-refractivity contribution in [3.05, 3.63) is 0 Å². The van der Waals surface area contributed by atoms with Crippen LogP contribution in [-0.4, -0.2) is 56.2 Å². The Morgan fingerprint density at radius 1 is 1.59 bits per heavy atom. The molecule has 0 spiro atoms. The van der Waals surface area contributed by atoms with E-state index in [2.05, 4.69) is 10.2 Å². The minimum atomic E-state index is 0.0190. The van der Waals surface area contributed by atoms with Crippen LogP contribution in [0, 0.1) is 0 Å². The Labute approximate surface area is 104 Å². The van der Waals surface area contributed by atoms with Crippen LogP contribution in [0.25, 0.3) is 0 Å². The first-order valence-corrected chi connectivity index (χ1v) is 6.46. The quantitative estimate of drug-likeness (QED) is 0.686. The molecule has 1 fully saturated rings. The summed E-state index contributed by atoms with van der Waals surface area (Å²) >= 11 is 0. The summed E-state index contributed by atoms with van der Waals surface area (Å²) in [5.41, 5.74) is 5.49. The van der Waals surface area contributed by atoms with Gasteiger partial charge in [-0.3, -0.25) is 9.69 Å². The standard InChI is InChI=1S/C12H25N3O2/c1-10(9-13)17-8-7-15-6-4-3-5-11(15)12(16)14-2/h10-11H,3-9,13H2,1-2H3,(H,14,16). The fourth-order valence-electron chi connectivity index (χ4n) is 2.16. The van der Waals surface area contributed by atoms with Crippen molar-refractivity contribution in [3.63, 3.8) is 0 Å². The van der Waals surface area contributed by atoms with Crippen molar-refractivity contribution in [1.29, 1.82) is 0 Å². The number of rotatable bonds is 6. The van der Waals surface area contributed by atoms with Gasteiger partial charge in [0.2, 0.25) is 5.91 Å². The predicted octanol–water partition coefficient (Wildman–Crippen LogP) is -0.0493. The lowest BCUT2D eigenvalue weighted by atomic mass is 10.0. The molecule has 0 aromatic carbocycles. The van der Waals surface area contributed by atoms with Crippen LogP contribution in [0.15, 0.2) is 0 Å². The molecule has 2 unspecified atom stereocenters. The Morgan fingerprint density at radius 2 is 2.35 bits per heavy atom. The van der Waals surface area contributed by atoms with Gasteiger partial charge in [-0.25, -0.2) is 0 Å². The number of piperidine rings is 1. The molecule has 1 heterocycles. The molecular formula is C12H25N3O2. The summed E-state index contributed by atoms with van der Waals surface area (Å²) in [5.74, 6) is 0.122. The number of likely N-dealkylation sites (N-methyl/N-ethyl adjacent to an activating group) is 1. The van der Waals surface area contributed by atoms with Crippen molar-refractivity contribution in [2.24, 2.45) is 5.73 Å². The number of hydrogen-bond donors (Lipinski definition) is 2. The van der Waals surface area contributed by atoms with E-state index in [0.717, 1.165) is 25.9 Å². The molecule has 1 amide bonds. The predicted molar refractivity (Wildman–Crippen MR) is 67.7 cm³/mol. The molecule has 0 bridgehead atoms. The zero-order valence-corrected chi connectivity index (χ0v) is 10.9. The molecule has 5 nitrogen and oxygen atoms in total. The van der Waals surface area contributed by atoms with Gasteiger partial charge in [0, 0.05) is 20.1 Å². The monoisotopic (exact) mass is 243 g/mol. The lowest BCUT2D eigenvalue weighted by Gasteiger charge is -2.34. The minimum Gasteiger partial charge on any atom is -0.376 e. The number of nitrogens with one attached hydrogen (secondary N) is 1. The Hall–Kier alpha value is -0.650. The summed E-state index contributed by atoms with van der Waals surface area (Å²) < 4.78 is 5.56. The first-order valence-electron chi connectivity index (χ1n) is 6.46. The Kier molecular flexibility index (Phi) is 6.47. The zero-order valence-electron chi connectivity index (χ0n) is 10.9. The van der Waals surface area contributed by atoms with Crippen LogP contribution in [0.5, 0.6) is 0 Å². The smallest absolute Gasteiger partial charge is 0.237 e. The van der Waals surface area contributed by atoms with E-state index in [4.69, 9.17) is 10.5 Å². The van der Waals surface area contributed by atoms with Crippen LogP contribution in [0.4, 0.5) is 0 Å². The van der Waals surface area contributed by atoms with Gasteiger partial charge in [0.15, 0.2) is 0 Å². The second kappa shape index (κ2) is 7.63. The van der Waals surface area contributed by atoms with E-state index in [1.807, 2.05) is 6.92 Å². The van der Waals surface area contributed by atoms with E-state index in [0.29, 0.717) is 13.2 Å². The van der Waals surface area contributed by atoms with Gasteiger partial charge in [-0.15, -0.1) is 0 Å². The molecule has 0 saturated carbocycles. The van der Waals surface area contributed by atoms with Crippen LogP contribution in [0.1, 0.15) is 26.2 Å². The van der Waals surface area contributed by atoms with Crippen molar-refractivity contribution in [2.75, 3.05) is 33.3 Å². The summed E-state index contributed by atoms with van der Waals surface area (Å²) in [6.07, 6.45) is 3.35. The molecular weight excluding hydrogens is 218 g/mol. The molecule has 1 saturated heterocycles. The average molecular weight is 243 g/mol. The highest BCUT2D eigenvalue weighted by Gasteiger charge is 2.27. The van der Waals surface area contributed by atoms with Crippen molar-refractivity contribution < 1.29 is 9.53 Å². The van der Waals surface area contributed by atoms with Crippen molar-refractivity contribution in [1.82, 2.24) is 10.2 Å². The first kappa shape index (κ1) is 14.4. The molecule has 2 atom stereocenters. The third-order valence-electron chi connectivity index (χ3n) is 3.28. The van der Waals surface area contributed by atoms with Gasteiger partial charge in [0.25, 0.3) is 0 Å². The second-order valence-corrected chi connectivity index (χ2v) is 4.58. The maximum absolute atomic E-state index is 11.7. The number of amides is 1. The zero-order chi connectivity index (χ0) is 12.7. The molecule has 0 radical (unpaired) electrons. The van der Waals surface area contributed by atoms with Gasteiger partial charge >= 0.3 is 0 Å². The fraction of sp³-hybridized carbons (Fsp3) is 0.917. The third-order valence-corrected chi connectivity index (χ3v) is 3.28. The lowest BCUT2D eigenvalue weighted by Crippen LogP contribution is -2.49. The Balaban J connectivity index is 2.35. The van der Waals surface area contributed by atoms with E-state index in [-0.39, 0.29) is 18.1 Å². The molecule has 3 N–H and O–H groups in total. The van der Waals surface area contributed by atoms with Gasteiger partial charge in [0.1, 0.15) is 0 Å². The topological polar surface area (TPSA) is 67.6 Å². The average Bonchev–Trinajstić information content (AvgIpc) is 2.38. The molecule has 1 aliphatic rings. The van der Waals surface area contributed by atoms with E-state index in [1.54, 1.807) is 7.05 Å². The fourth-order valence-corrected chi connectivity index (χ4v) is 2.16. The van der Waals surface area contributed by atoms with Crippen LogP contribution >= 0.6 is 0 Å². The molecule has 1 rings (SSSR count). The molecule has 0 aromatic heterocycles. The highest BCUT2D eigenvalue weighted by molar-refractivity contribution is 5.81. The van der Waals surface area contributed by atoms with Crippen LogP contribution < -0.4 is 11.1 Å². The summed E-state index contributed by atoms with van der Waals surface area (Å²) in [7, 11) is 1.70. The highest BCUT2D eigenvalue weighted by Crippen LogP contribution is 2.16. The minimum absolute atomic E-state index is 0.0190. The molecule has 100 valence electrons. The second-order valence-electron chi connectivity index (χ2n) is 4.58. The van der Waals surface area contributed by atoms with E-state index in [9.17, 15) is 4.79 Å². The van der Waals surface area contributed by atoms with Gasteiger partial charge in [-0.2, -0.15) is 0 Å². The molecule has 0 aromatic rings. The van der Waals surface area contributed by atoms with Crippen LogP contribution in [0.3, 0.4) is 0 Å². The summed E-state index contributed by atoms with van der Waals surface area (Å²) in [6.45, 7) is 4.94. The largest absolute Gasteiger partial charge is 0.376 e. The summed E-state index contributed by atoms with van der Waals surface area (Å²) in [4.78, 5) is 13.9. The van der Waals surface area contributed by atoms with Gasteiger partial charge in [-0.05, 0) is 26.3 Å². The van der Waals surface area contributed by atoms with Crippen molar-refractivity contribution in [3.8, 4) is 0 Å². The number of hydrogen-bond acceptors (Lipinski definition) is 4. The maximum atomic E-state index is 11.7. The highest BCUT2D eigenvalue weighted by atomic mass is 16.5. The first-order chi connectivity index (χ1) is 8.19. The Bertz CT molecular complexity index is 236. The summed E-state index contributed by atoms with van der Waals surface area (Å²) in [5, 5.41) is 2.73. The van der Waals surface area contributed by atoms with Crippen LogP contribution in [-0.2, 0) is 9.53 Å². The SMILES string of the molecule is CNC(=O)C1CCCCN1CCOC(C)CN. The number of nitrogens with two attached hydrogens (primary N) is 1. The number of nitrogens with zero attached hydrogens (tertiary/aromatic N) is 1. The van der Waals surface area contributed by atoms with E-state index >= 15 is 0 Å². The molecule has 17 heavy (non-hydrogen) atoms. The number of carbonyl (C=O) groups is 1. The van der Waals surface area contributed by atoms with Crippen LogP contribution in [0.2, 0.25) is 0 Å². The number of carbonyl (C=O) groups excluding carboxylic acids is 1. The molecule has 0 aliphatic carbocycles. The molecule has 1 aliphatic heterocycles. The summed E-state index contributed by atoms with van der Waals surface area (Å²) in [6, 6.07) is 0.0190. The number of likely N-dealkylation sites (tertiary alicyclic amines) is 1. The van der Waals surface area contributed by atoms with E-state index in [1.165, 1.54) is 6.42 Å². The van der Waals surface area contributed by atoms with Gasteiger partial charge in [-0.1, -0.05) is 6.42 Å². The van der Waals surface area contributed by atoms with E-state index < -0.39 is 0 Å². The van der Waals surface area contributed by atoms with Gasteiger partial charge < -0.3 is 15.8 Å². The van der Waals surface area contributed by atoms with Crippen molar-refractivity contribution >= 4 is 5.91 Å². The van der Waals surface area contributed by atoms with Crippen molar-refractivity contribution in [2.45, 2.75) is 38.3 Å². The Morgan fingerprint density at radius 3 is 3.00 bits per heavy atom.